The molecule has 11 heteroatoms. The first-order valence-corrected chi connectivity index (χ1v) is 8.46. The number of benzene rings is 2. The summed E-state index contributed by atoms with van der Waals surface area (Å²) in [7, 11) is 0. The van der Waals surface area contributed by atoms with Crippen LogP contribution in [0.3, 0.4) is 0 Å². The van der Waals surface area contributed by atoms with E-state index >= 15 is 0 Å². The van der Waals surface area contributed by atoms with Crippen LogP contribution >= 0.6 is 27.5 Å². The van der Waals surface area contributed by atoms with E-state index in [0.717, 1.165) is 12.4 Å². The van der Waals surface area contributed by atoms with E-state index in [-0.39, 0.29) is 28.0 Å². The highest BCUT2D eigenvalue weighted by Crippen LogP contribution is 2.34. The molecule has 0 aliphatic heterocycles. The van der Waals surface area contributed by atoms with Crippen molar-refractivity contribution in [1.29, 1.82) is 0 Å². The summed E-state index contributed by atoms with van der Waals surface area (Å²) in [6, 6.07) is 7.87. The second-order valence-electron chi connectivity index (χ2n) is 5.18. The maximum atomic E-state index is 14.0. The minimum Gasteiger partial charge on any atom is -0.334 e. The largest absolute Gasteiger partial charge is 0.353 e. The SMILES string of the molecule is O=[N+]([O-])c1c(Nc2ccc(F)c(Cl)c2)ncnc1Nc1ccc(Br)cc1F. The van der Waals surface area contributed by atoms with Crippen molar-refractivity contribution in [3.63, 3.8) is 0 Å². The summed E-state index contributed by atoms with van der Waals surface area (Å²) in [6.07, 6.45) is 1.07. The van der Waals surface area contributed by atoms with Crippen LogP contribution in [0, 0.1) is 21.7 Å². The highest BCUT2D eigenvalue weighted by atomic mass is 79.9. The average Bonchev–Trinajstić information content (AvgIpc) is 2.60. The maximum absolute atomic E-state index is 14.0. The Labute approximate surface area is 164 Å². The molecule has 0 atom stereocenters. The maximum Gasteiger partial charge on any atom is 0.353 e. The van der Waals surface area contributed by atoms with Gasteiger partial charge in [-0.25, -0.2) is 18.7 Å². The van der Waals surface area contributed by atoms with Gasteiger partial charge in [0, 0.05) is 10.2 Å². The number of halogens is 4. The van der Waals surface area contributed by atoms with Crippen LogP contribution in [-0.4, -0.2) is 14.9 Å². The molecule has 0 radical (unpaired) electrons. The molecule has 1 aromatic heterocycles. The fourth-order valence-corrected chi connectivity index (χ4v) is 2.68. The number of anilines is 4. The Kier molecular flexibility index (Phi) is 5.47. The van der Waals surface area contributed by atoms with Gasteiger partial charge in [0.2, 0.25) is 11.6 Å². The molecule has 138 valence electrons. The lowest BCUT2D eigenvalue weighted by Gasteiger charge is -2.11. The van der Waals surface area contributed by atoms with Crippen LogP contribution in [0.15, 0.2) is 47.2 Å². The van der Waals surface area contributed by atoms with Crippen LogP contribution in [-0.2, 0) is 0 Å². The fraction of sp³-hybridized carbons (Fsp3) is 0. The van der Waals surface area contributed by atoms with Gasteiger partial charge in [-0.05, 0) is 36.4 Å². The number of aromatic nitrogens is 2. The number of hydrogen-bond acceptors (Lipinski definition) is 6. The Morgan fingerprint density at radius 2 is 1.74 bits per heavy atom. The molecule has 27 heavy (non-hydrogen) atoms. The quantitative estimate of drug-likeness (QED) is 0.385. The topological polar surface area (TPSA) is 93.0 Å². The van der Waals surface area contributed by atoms with Gasteiger partial charge in [0.1, 0.15) is 18.0 Å². The van der Waals surface area contributed by atoms with Crippen molar-refractivity contribution in [1.82, 2.24) is 9.97 Å². The monoisotopic (exact) mass is 455 g/mol. The lowest BCUT2D eigenvalue weighted by molar-refractivity contribution is -0.383. The van der Waals surface area contributed by atoms with Crippen molar-refractivity contribution in [2.75, 3.05) is 10.6 Å². The number of rotatable bonds is 5. The van der Waals surface area contributed by atoms with E-state index in [9.17, 15) is 18.9 Å². The molecule has 0 unspecified atom stereocenters. The minimum absolute atomic E-state index is 0.00391. The van der Waals surface area contributed by atoms with Crippen LogP contribution in [0.1, 0.15) is 0 Å². The number of hydrogen-bond donors (Lipinski definition) is 2. The van der Waals surface area contributed by atoms with E-state index in [1.807, 2.05) is 0 Å². The molecule has 2 N–H and O–H groups in total. The Morgan fingerprint density at radius 1 is 1.04 bits per heavy atom. The first-order valence-electron chi connectivity index (χ1n) is 7.28. The van der Waals surface area contributed by atoms with Crippen molar-refractivity contribution in [3.05, 3.63) is 74.0 Å². The number of nitrogens with one attached hydrogen (secondary N) is 2. The summed E-state index contributed by atoms with van der Waals surface area (Å²) in [5.41, 5.74) is -0.236. The molecule has 3 aromatic rings. The molecule has 0 aliphatic carbocycles. The standard InChI is InChI=1S/C16H9BrClF2N5O2/c17-8-1-4-13(12(20)5-8)24-16-14(25(26)27)15(21-7-22-16)23-9-2-3-11(19)10(18)6-9/h1-7H,(H2,21,22,23,24). The van der Waals surface area contributed by atoms with Gasteiger partial charge in [0.05, 0.1) is 15.6 Å². The van der Waals surface area contributed by atoms with Gasteiger partial charge in [-0.1, -0.05) is 27.5 Å². The summed E-state index contributed by atoms with van der Waals surface area (Å²) < 4.78 is 27.8. The Morgan fingerprint density at radius 3 is 2.37 bits per heavy atom. The predicted molar refractivity (Wildman–Crippen MR) is 101 cm³/mol. The predicted octanol–water partition coefficient (Wildman–Crippen LogP) is 5.57. The Bertz CT molecular complexity index is 1040. The zero-order valence-electron chi connectivity index (χ0n) is 13.2. The highest BCUT2D eigenvalue weighted by Gasteiger charge is 2.24. The molecule has 7 nitrogen and oxygen atoms in total. The van der Waals surface area contributed by atoms with Crippen LogP contribution in [0.4, 0.5) is 37.5 Å². The molecule has 0 spiro atoms. The molecule has 0 fully saturated rings. The normalized spacial score (nSPS) is 10.5. The van der Waals surface area contributed by atoms with Crippen molar-refractivity contribution in [2.24, 2.45) is 0 Å². The zero-order chi connectivity index (χ0) is 19.6. The lowest BCUT2D eigenvalue weighted by atomic mass is 10.3. The summed E-state index contributed by atoms with van der Waals surface area (Å²) in [4.78, 5) is 18.5. The van der Waals surface area contributed by atoms with Crippen LogP contribution < -0.4 is 10.6 Å². The third kappa shape index (κ3) is 4.29. The third-order valence-electron chi connectivity index (χ3n) is 3.37. The first-order chi connectivity index (χ1) is 12.8. The molecule has 0 saturated carbocycles. The number of nitro groups is 1. The van der Waals surface area contributed by atoms with Crippen molar-refractivity contribution >= 4 is 56.2 Å². The molecule has 0 amide bonds. The number of nitrogens with zero attached hydrogens (tertiary/aromatic N) is 3. The van der Waals surface area contributed by atoms with E-state index in [2.05, 4.69) is 36.5 Å². The first kappa shape index (κ1) is 18.9. The summed E-state index contributed by atoms with van der Waals surface area (Å²) in [5, 5.41) is 16.6. The Balaban J connectivity index is 1.99. The van der Waals surface area contributed by atoms with Crippen LogP contribution in [0.25, 0.3) is 0 Å². The molecule has 3 rings (SSSR count). The highest BCUT2D eigenvalue weighted by molar-refractivity contribution is 9.10. The smallest absolute Gasteiger partial charge is 0.334 e. The van der Waals surface area contributed by atoms with Gasteiger partial charge < -0.3 is 10.6 Å². The van der Waals surface area contributed by atoms with Gasteiger partial charge >= 0.3 is 5.69 Å². The zero-order valence-corrected chi connectivity index (χ0v) is 15.6. The van der Waals surface area contributed by atoms with E-state index in [1.54, 1.807) is 6.07 Å². The van der Waals surface area contributed by atoms with Crippen molar-refractivity contribution < 1.29 is 13.7 Å². The van der Waals surface area contributed by atoms with Gasteiger partial charge in [-0.3, -0.25) is 10.1 Å². The van der Waals surface area contributed by atoms with Gasteiger partial charge in [0.25, 0.3) is 0 Å². The van der Waals surface area contributed by atoms with Crippen molar-refractivity contribution in [2.45, 2.75) is 0 Å². The van der Waals surface area contributed by atoms with E-state index in [1.165, 1.54) is 24.3 Å². The van der Waals surface area contributed by atoms with Gasteiger partial charge in [-0.15, -0.1) is 0 Å². The second kappa shape index (κ2) is 7.80. The van der Waals surface area contributed by atoms with Gasteiger partial charge in [0.15, 0.2) is 0 Å². The van der Waals surface area contributed by atoms with Gasteiger partial charge in [-0.2, -0.15) is 0 Å². The summed E-state index contributed by atoms with van der Waals surface area (Å²) in [6.45, 7) is 0. The van der Waals surface area contributed by atoms with Crippen molar-refractivity contribution in [3.8, 4) is 0 Å². The molecule has 1 heterocycles. The Hall–Kier alpha value is -2.85. The van der Waals surface area contributed by atoms with Crippen LogP contribution in [0.2, 0.25) is 5.02 Å². The molecule has 0 saturated heterocycles. The minimum atomic E-state index is -0.716. The lowest BCUT2D eigenvalue weighted by Crippen LogP contribution is -2.06. The van der Waals surface area contributed by atoms with E-state index in [0.29, 0.717) is 4.47 Å². The second-order valence-corrected chi connectivity index (χ2v) is 6.50. The summed E-state index contributed by atoms with van der Waals surface area (Å²) in [5.74, 6) is -1.64. The molecule has 0 aliphatic rings. The van der Waals surface area contributed by atoms with E-state index in [4.69, 9.17) is 11.6 Å². The average molecular weight is 457 g/mol. The summed E-state index contributed by atoms with van der Waals surface area (Å²) >= 11 is 8.84. The molecule has 0 bridgehead atoms. The fourth-order valence-electron chi connectivity index (χ4n) is 2.16. The molecular weight excluding hydrogens is 448 g/mol. The molecular formula is C16H9BrClF2N5O2. The van der Waals surface area contributed by atoms with E-state index < -0.39 is 22.2 Å². The molecule has 2 aromatic carbocycles. The third-order valence-corrected chi connectivity index (χ3v) is 4.15. The van der Waals surface area contributed by atoms with Crippen LogP contribution in [0.5, 0.6) is 0 Å².